The molecular formula is C10H17NO. The van der Waals surface area contributed by atoms with Gasteiger partial charge in [0.05, 0.1) is 11.5 Å². The van der Waals surface area contributed by atoms with Gasteiger partial charge in [0.25, 0.3) is 0 Å². The highest BCUT2D eigenvalue weighted by atomic mass is 16.3. The fourth-order valence-corrected chi connectivity index (χ4v) is 2.38. The molecule has 0 aromatic carbocycles. The number of aliphatic hydroxyl groups excluding tert-OH is 1. The van der Waals surface area contributed by atoms with Crippen LogP contribution in [0.5, 0.6) is 0 Å². The Bertz CT molecular complexity index is 197. The van der Waals surface area contributed by atoms with Crippen molar-refractivity contribution in [1.29, 1.82) is 5.26 Å². The van der Waals surface area contributed by atoms with Gasteiger partial charge in [-0.2, -0.15) is 5.26 Å². The van der Waals surface area contributed by atoms with Crippen molar-refractivity contribution >= 4 is 0 Å². The summed E-state index contributed by atoms with van der Waals surface area (Å²) in [5.41, 5.74) is -0.241. The van der Waals surface area contributed by atoms with E-state index in [1.54, 1.807) is 0 Å². The summed E-state index contributed by atoms with van der Waals surface area (Å²) in [7, 11) is 0. The predicted octanol–water partition coefficient (Wildman–Crippen LogP) is 1.94. The van der Waals surface area contributed by atoms with Gasteiger partial charge in [-0.25, -0.2) is 0 Å². The molecule has 0 aromatic heterocycles. The third-order valence-electron chi connectivity index (χ3n) is 3.47. The number of nitrogens with zero attached hydrogens (tertiary/aromatic N) is 1. The summed E-state index contributed by atoms with van der Waals surface area (Å²) in [6.07, 6.45) is 3.24. The highest BCUT2D eigenvalue weighted by Gasteiger charge is 2.44. The van der Waals surface area contributed by atoms with Crippen molar-refractivity contribution < 1.29 is 5.11 Å². The minimum atomic E-state index is -0.241. The van der Waals surface area contributed by atoms with Gasteiger partial charge in [-0.15, -0.1) is 0 Å². The standard InChI is InChI=1S/C10H17NO/c1-8-4-3-5-10(8,7-11)9(2)6-12/h8-9,12H,3-6H2,1-2H3. The molecule has 0 saturated heterocycles. The topological polar surface area (TPSA) is 44.0 Å². The summed E-state index contributed by atoms with van der Waals surface area (Å²) in [4.78, 5) is 0. The normalized spacial score (nSPS) is 37.7. The third kappa shape index (κ3) is 1.23. The highest BCUT2D eigenvalue weighted by Crippen LogP contribution is 2.47. The molecule has 0 bridgehead atoms. The fraction of sp³-hybridized carbons (Fsp3) is 0.900. The Labute approximate surface area is 74.2 Å². The van der Waals surface area contributed by atoms with Gasteiger partial charge in [-0.05, 0) is 24.7 Å². The minimum absolute atomic E-state index is 0.125. The van der Waals surface area contributed by atoms with E-state index in [1.807, 2.05) is 6.92 Å². The number of hydrogen-bond donors (Lipinski definition) is 1. The summed E-state index contributed by atoms with van der Waals surface area (Å²) in [5.74, 6) is 0.574. The SMILES string of the molecule is CC(CO)C1(C#N)CCCC1C. The molecule has 0 aromatic rings. The molecule has 68 valence electrons. The highest BCUT2D eigenvalue weighted by molar-refractivity contribution is 5.07. The van der Waals surface area contributed by atoms with E-state index in [2.05, 4.69) is 13.0 Å². The lowest BCUT2D eigenvalue weighted by molar-refractivity contribution is 0.118. The Balaban J connectivity index is 2.83. The van der Waals surface area contributed by atoms with Crippen LogP contribution in [0.15, 0.2) is 0 Å². The lowest BCUT2D eigenvalue weighted by Crippen LogP contribution is -2.32. The van der Waals surface area contributed by atoms with E-state index in [9.17, 15) is 0 Å². The number of aliphatic hydroxyl groups is 1. The second-order valence-electron chi connectivity index (χ2n) is 4.03. The lowest BCUT2D eigenvalue weighted by atomic mass is 9.71. The van der Waals surface area contributed by atoms with Gasteiger partial charge < -0.3 is 5.11 Å². The fourth-order valence-electron chi connectivity index (χ4n) is 2.38. The van der Waals surface area contributed by atoms with Crippen LogP contribution in [0.1, 0.15) is 33.1 Å². The Hall–Kier alpha value is -0.550. The van der Waals surface area contributed by atoms with Gasteiger partial charge in [-0.1, -0.05) is 20.3 Å². The van der Waals surface area contributed by atoms with Crippen LogP contribution in [0.3, 0.4) is 0 Å². The Morgan fingerprint density at radius 3 is 2.75 bits per heavy atom. The summed E-state index contributed by atoms with van der Waals surface area (Å²) in [6, 6.07) is 2.42. The Kier molecular flexibility index (Phi) is 2.74. The quantitative estimate of drug-likeness (QED) is 0.683. The van der Waals surface area contributed by atoms with Crippen LogP contribution in [0.4, 0.5) is 0 Å². The van der Waals surface area contributed by atoms with Crippen molar-refractivity contribution in [3.8, 4) is 6.07 Å². The molecule has 1 saturated carbocycles. The van der Waals surface area contributed by atoms with Gasteiger partial charge in [0.2, 0.25) is 0 Å². The van der Waals surface area contributed by atoms with E-state index < -0.39 is 0 Å². The summed E-state index contributed by atoms with van der Waals surface area (Å²) in [6.45, 7) is 4.24. The average Bonchev–Trinajstić information content (AvgIpc) is 2.46. The van der Waals surface area contributed by atoms with E-state index >= 15 is 0 Å². The van der Waals surface area contributed by atoms with Crippen LogP contribution < -0.4 is 0 Å². The third-order valence-corrected chi connectivity index (χ3v) is 3.47. The maximum atomic E-state index is 9.13. The molecule has 0 aliphatic heterocycles. The van der Waals surface area contributed by atoms with Crippen molar-refractivity contribution in [2.24, 2.45) is 17.3 Å². The first kappa shape index (κ1) is 9.54. The van der Waals surface area contributed by atoms with Crippen molar-refractivity contribution in [3.63, 3.8) is 0 Å². The number of hydrogen-bond acceptors (Lipinski definition) is 2. The van der Waals surface area contributed by atoms with E-state index in [1.165, 1.54) is 0 Å². The van der Waals surface area contributed by atoms with Gasteiger partial charge >= 0.3 is 0 Å². The molecule has 1 aliphatic carbocycles. The average molecular weight is 167 g/mol. The summed E-state index contributed by atoms with van der Waals surface area (Å²) in [5, 5.41) is 18.2. The lowest BCUT2D eigenvalue weighted by Gasteiger charge is -2.31. The van der Waals surface area contributed by atoms with E-state index in [0.717, 1.165) is 19.3 Å². The molecule has 0 amide bonds. The maximum absolute atomic E-state index is 9.13. The van der Waals surface area contributed by atoms with Crippen molar-refractivity contribution in [2.75, 3.05) is 6.61 Å². The van der Waals surface area contributed by atoms with Crippen molar-refractivity contribution in [3.05, 3.63) is 0 Å². The van der Waals surface area contributed by atoms with Gasteiger partial charge in [0.1, 0.15) is 0 Å². The van der Waals surface area contributed by atoms with Crippen LogP contribution in [-0.4, -0.2) is 11.7 Å². The van der Waals surface area contributed by atoms with Gasteiger partial charge in [0.15, 0.2) is 0 Å². The Morgan fingerprint density at radius 1 is 1.75 bits per heavy atom. The molecule has 1 fully saturated rings. The first-order chi connectivity index (χ1) is 5.67. The zero-order valence-corrected chi connectivity index (χ0v) is 7.88. The van der Waals surface area contributed by atoms with Crippen LogP contribution in [0.25, 0.3) is 0 Å². The largest absolute Gasteiger partial charge is 0.396 e. The number of rotatable bonds is 2. The van der Waals surface area contributed by atoms with Gasteiger partial charge in [0, 0.05) is 6.61 Å². The van der Waals surface area contributed by atoms with E-state index in [-0.39, 0.29) is 17.9 Å². The van der Waals surface area contributed by atoms with Gasteiger partial charge in [-0.3, -0.25) is 0 Å². The molecule has 1 rings (SSSR count). The van der Waals surface area contributed by atoms with Crippen LogP contribution in [0.2, 0.25) is 0 Å². The van der Waals surface area contributed by atoms with Crippen LogP contribution in [0, 0.1) is 28.6 Å². The van der Waals surface area contributed by atoms with Crippen molar-refractivity contribution in [1.82, 2.24) is 0 Å². The second-order valence-corrected chi connectivity index (χ2v) is 4.03. The van der Waals surface area contributed by atoms with Crippen LogP contribution in [-0.2, 0) is 0 Å². The zero-order valence-electron chi connectivity index (χ0n) is 7.88. The number of nitriles is 1. The van der Waals surface area contributed by atoms with Crippen LogP contribution >= 0.6 is 0 Å². The first-order valence-corrected chi connectivity index (χ1v) is 4.69. The molecule has 1 N–H and O–H groups in total. The second kappa shape index (κ2) is 3.45. The molecule has 3 atom stereocenters. The molecule has 2 heteroatoms. The van der Waals surface area contributed by atoms with E-state index in [4.69, 9.17) is 10.4 Å². The first-order valence-electron chi connectivity index (χ1n) is 4.69. The molecule has 12 heavy (non-hydrogen) atoms. The molecule has 0 spiro atoms. The molecule has 1 aliphatic rings. The molecule has 0 radical (unpaired) electrons. The summed E-state index contributed by atoms with van der Waals surface area (Å²) >= 11 is 0. The minimum Gasteiger partial charge on any atom is -0.396 e. The zero-order chi connectivity index (χ0) is 9.19. The monoisotopic (exact) mass is 167 g/mol. The molecular weight excluding hydrogens is 150 g/mol. The van der Waals surface area contributed by atoms with Crippen molar-refractivity contribution in [2.45, 2.75) is 33.1 Å². The summed E-state index contributed by atoms with van der Waals surface area (Å²) < 4.78 is 0. The Morgan fingerprint density at radius 2 is 2.42 bits per heavy atom. The maximum Gasteiger partial charge on any atom is 0.0696 e. The molecule has 3 unspecified atom stereocenters. The predicted molar refractivity (Wildman–Crippen MR) is 47.3 cm³/mol. The smallest absolute Gasteiger partial charge is 0.0696 e. The molecule has 2 nitrogen and oxygen atoms in total. The molecule has 0 heterocycles. The van der Waals surface area contributed by atoms with E-state index in [0.29, 0.717) is 5.92 Å².